The molecule has 7 nitrogen and oxygen atoms in total. The van der Waals surface area contributed by atoms with Crippen molar-refractivity contribution >= 4 is 27.7 Å². The fraction of sp³-hybridized carbons (Fsp3) is 0.211. The van der Waals surface area contributed by atoms with Crippen LogP contribution in [0.3, 0.4) is 0 Å². The van der Waals surface area contributed by atoms with Gasteiger partial charge >= 0.3 is 0 Å². The highest BCUT2D eigenvalue weighted by atomic mass is 32.2. The first-order valence-corrected chi connectivity index (χ1v) is 9.88. The standard InChI is InChI=1S/C19H20N2O5S/c1-20-27(23,24)16-7-5-15(6-8-16)21-19(22)10-4-14-3-9-17-18(13-14)26-12-2-11-25-17/h3-10,13,20H,2,11-12H2,1H3,(H,21,22)/b10-4+. The number of hydrogen-bond donors (Lipinski definition) is 2. The van der Waals surface area contributed by atoms with Gasteiger partial charge < -0.3 is 14.8 Å². The van der Waals surface area contributed by atoms with E-state index in [-0.39, 0.29) is 10.8 Å². The Kier molecular flexibility index (Phi) is 5.78. The Morgan fingerprint density at radius 3 is 2.44 bits per heavy atom. The Labute approximate surface area is 158 Å². The molecule has 2 aromatic rings. The summed E-state index contributed by atoms with van der Waals surface area (Å²) in [7, 11) is -2.16. The minimum absolute atomic E-state index is 0.130. The van der Waals surface area contributed by atoms with Gasteiger partial charge in [0.1, 0.15) is 0 Å². The van der Waals surface area contributed by atoms with E-state index in [1.54, 1.807) is 6.08 Å². The lowest BCUT2D eigenvalue weighted by atomic mass is 10.2. The minimum Gasteiger partial charge on any atom is -0.490 e. The van der Waals surface area contributed by atoms with Gasteiger partial charge in [-0.25, -0.2) is 13.1 Å². The maximum atomic E-state index is 12.1. The van der Waals surface area contributed by atoms with E-state index in [1.807, 2.05) is 18.2 Å². The van der Waals surface area contributed by atoms with E-state index in [2.05, 4.69) is 10.0 Å². The molecule has 0 spiro atoms. The molecular weight excluding hydrogens is 368 g/mol. The van der Waals surface area contributed by atoms with Crippen molar-refractivity contribution in [3.63, 3.8) is 0 Å². The van der Waals surface area contributed by atoms with Gasteiger partial charge in [0.15, 0.2) is 11.5 Å². The average molecular weight is 388 g/mol. The summed E-state index contributed by atoms with van der Waals surface area (Å²) in [5, 5.41) is 2.68. The largest absolute Gasteiger partial charge is 0.490 e. The van der Waals surface area contributed by atoms with Gasteiger partial charge in [-0.3, -0.25) is 4.79 Å². The zero-order valence-corrected chi connectivity index (χ0v) is 15.6. The molecule has 3 rings (SSSR count). The van der Waals surface area contributed by atoms with E-state index in [1.165, 1.54) is 37.4 Å². The molecule has 1 aliphatic rings. The van der Waals surface area contributed by atoms with Crippen LogP contribution < -0.4 is 19.5 Å². The van der Waals surface area contributed by atoms with Gasteiger partial charge in [-0.2, -0.15) is 0 Å². The number of amides is 1. The molecule has 1 heterocycles. The van der Waals surface area contributed by atoms with E-state index in [4.69, 9.17) is 9.47 Å². The molecule has 8 heteroatoms. The quantitative estimate of drug-likeness (QED) is 0.767. The summed E-state index contributed by atoms with van der Waals surface area (Å²) in [6.45, 7) is 1.22. The predicted octanol–water partition coefficient (Wildman–Crippen LogP) is 2.41. The van der Waals surface area contributed by atoms with Crippen LogP contribution in [0, 0.1) is 0 Å². The van der Waals surface area contributed by atoms with Gasteiger partial charge in [0.25, 0.3) is 0 Å². The summed E-state index contributed by atoms with van der Waals surface area (Å²) in [6.07, 6.45) is 3.90. The normalized spacial score (nSPS) is 14.0. The van der Waals surface area contributed by atoms with Crippen molar-refractivity contribution in [2.75, 3.05) is 25.6 Å². The van der Waals surface area contributed by atoms with Crippen LogP contribution in [-0.4, -0.2) is 34.6 Å². The van der Waals surface area contributed by atoms with Crippen molar-refractivity contribution < 1.29 is 22.7 Å². The van der Waals surface area contributed by atoms with Crippen LogP contribution in [0.15, 0.2) is 53.4 Å². The van der Waals surface area contributed by atoms with Crippen molar-refractivity contribution in [3.05, 3.63) is 54.1 Å². The molecule has 1 aliphatic heterocycles. The molecule has 0 bridgehead atoms. The number of carbonyl (C=O) groups excluding carboxylic acids is 1. The predicted molar refractivity (Wildman–Crippen MR) is 102 cm³/mol. The second-order valence-corrected chi connectivity index (χ2v) is 7.70. The highest BCUT2D eigenvalue weighted by molar-refractivity contribution is 7.89. The van der Waals surface area contributed by atoms with Crippen molar-refractivity contribution in [1.82, 2.24) is 4.72 Å². The molecule has 0 atom stereocenters. The zero-order chi connectivity index (χ0) is 19.3. The first-order valence-electron chi connectivity index (χ1n) is 8.40. The van der Waals surface area contributed by atoms with Gasteiger partial charge in [-0.15, -0.1) is 0 Å². The fourth-order valence-corrected chi connectivity index (χ4v) is 3.20. The van der Waals surface area contributed by atoms with E-state index in [0.717, 1.165) is 12.0 Å². The highest BCUT2D eigenvalue weighted by Gasteiger charge is 2.11. The first-order chi connectivity index (χ1) is 13.0. The van der Waals surface area contributed by atoms with Crippen LogP contribution in [0.1, 0.15) is 12.0 Å². The smallest absolute Gasteiger partial charge is 0.248 e. The molecule has 2 aromatic carbocycles. The lowest BCUT2D eigenvalue weighted by molar-refractivity contribution is -0.111. The Hall–Kier alpha value is -2.84. The molecule has 0 fully saturated rings. The highest BCUT2D eigenvalue weighted by Crippen LogP contribution is 2.30. The number of carbonyl (C=O) groups is 1. The average Bonchev–Trinajstić information content (AvgIpc) is 2.91. The molecule has 142 valence electrons. The zero-order valence-electron chi connectivity index (χ0n) is 14.8. The number of fused-ring (bicyclic) bond motifs is 1. The SMILES string of the molecule is CNS(=O)(=O)c1ccc(NC(=O)/C=C/c2ccc3c(c2)OCCCO3)cc1. The maximum Gasteiger partial charge on any atom is 0.248 e. The number of rotatable bonds is 5. The van der Waals surface area contributed by atoms with Crippen molar-refractivity contribution in [2.24, 2.45) is 0 Å². The van der Waals surface area contributed by atoms with Gasteiger partial charge in [0.05, 0.1) is 18.1 Å². The summed E-state index contributed by atoms with van der Waals surface area (Å²) in [4.78, 5) is 12.2. The summed E-state index contributed by atoms with van der Waals surface area (Å²) in [5.74, 6) is 1.04. The van der Waals surface area contributed by atoms with Crippen molar-refractivity contribution in [2.45, 2.75) is 11.3 Å². The topological polar surface area (TPSA) is 93.7 Å². The lowest BCUT2D eigenvalue weighted by Gasteiger charge is -2.07. The molecule has 0 aromatic heterocycles. The van der Waals surface area contributed by atoms with Crippen LogP contribution >= 0.6 is 0 Å². The van der Waals surface area contributed by atoms with Crippen LogP contribution in [0.2, 0.25) is 0 Å². The van der Waals surface area contributed by atoms with Crippen LogP contribution in [0.5, 0.6) is 11.5 Å². The second kappa shape index (κ2) is 8.24. The number of hydrogen-bond acceptors (Lipinski definition) is 5. The molecule has 0 aliphatic carbocycles. The Bertz CT molecular complexity index is 953. The van der Waals surface area contributed by atoms with Gasteiger partial charge in [-0.05, 0) is 55.1 Å². The van der Waals surface area contributed by atoms with Gasteiger partial charge in [0.2, 0.25) is 15.9 Å². The van der Waals surface area contributed by atoms with Crippen LogP contribution in [0.4, 0.5) is 5.69 Å². The van der Waals surface area contributed by atoms with E-state index in [0.29, 0.717) is 30.4 Å². The van der Waals surface area contributed by atoms with Gasteiger partial charge in [-0.1, -0.05) is 6.07 Å². The minimum atomic E-state index is -3.50. The molecule has 2 N–H and O–H groups in total. The van der Waals surface area contributed by atoms with E-state index >= 15 is 0 Å². The molecule has 0 saturated heterocycles. The Morgan fingerprint density at radius 2 is 1.74 bits per heavy atom. The Balaban J connectivity index is 1.64. The first kappa shape index (κ1) is 18.9. The number of benzene rings is 2. The third-order valence-electron chi connectivity index (χ3n) is 3.90. The van der Waals surface area contributed by atoms with E-state index in [9.17, 15) is 13.2 Å². The third-order valence-corrected chi connectivity index (χ3v) is 5.33. The maximum absolute atomic E-state index is 12.1. The van der Waals surface area contributed by atoms with Crippen molar-refractivity contribution in [1.29, 1.82) is 0 Å². The van der Waals surface area contributed by atoms with E-state index < -0.39 is 10.0 Å². The molecule has 0 unspecified atom stereocenters. The second-order valence-electron chi connectivity index (χ2n) is 5.81. The molecule has 0 radical (unpaired) electrons. The molecular formula is C19H20N2O5S. The molecule has 27 heavy (non-hydrogen) atoms. The lowest BCUT2D eigenvalue weighted by Crippen LogP contribution is -2.18. The third kappa shape index (κ3) is 4.87. The number of nitrogens with one attached hydrogen (secondary N) is 2. The molecule has 1 amide bonds. The fourth-order valence-electron chi connectivity index (χ4n) is 2.47. The molecule has 0 saturated carbocycles. The van der Waals surface area contributed by atoms with Crippen LogP contribution in [0.25, 0.3) is 6.08 Å². The van der Waals surface area contributed by atoms with Crippen LogP contribution in [-0.2, 0) is 14.8 Å². The summed E-state index contributed by atoms with van der Waals surface area (Å²) < 4.78 is 36.8. The van der Waals surface area contributed by atoms with Gasteiger partial charge in [0, 0.05) is 18.2 Å². The number of sulfonamides is 1. The Morgan fingerprint density at radius 1 is 1.04 bits per heavy atom. The summed E-state index contributed by atoms with van der Waals surface area (Å²) >= 11 is 0. The summed E-state index contributed by atoms with van der Waals surface area (Å²) in [6, 6.07) is 11.4. The monoisotopic (exact) mass is 388 g/mol. The summed E-state index contributed by atoms with van der Waals surface area (Å²) in [5.41, 5.74) is 1.31. The number of anilines is 1. The number of ether oxygens (including phenoxy) is 2. The van der Waals surface area contributed by atoms with Crippen molar-refractivity contribution in [3.8, 4) is 11.5 Å².